The number of fused-ring (bicyclic) bond motifs is 1. The number of rotatable bonds is 4. The number of carbonyl (C=O) groups is 1. The third kappa shape index (κ3) is 2.55. The van der Waals surface area contributed by atoms with Crippen LogP contribution in [-0.4, -0.2) is 31.1 Å². The summed E-state index contributed by atoms with van der Waals surface area (Å²) in [4.78, 5) is 16.0. The Morgan fingerprint density at radius 1 is 1.52 bits per heavy atom. The van der Waals surface area contributed by atoms with Gasteiger partial charge >= 0.3 is 5.97 Å². The molecule has 0 spiro atoms. The third-order valence-electron chi connectivity index (χ3n) is 4.20. The predicted octanol–water partition coefficient (Wildman–Crippen LogP) is 3.58. The Hall–Kier alpha value is -1.49. The van der Waals surface area contributed by atoms with Crippen molar-refractivity contribution in [2.45, 2.75) is 44.4 Å². The van der Waals surface area contributed by atoms with E-state index in [9.17, 15) is 9.90 Å². The van der Waals surface area contributed by atoms with Crippen LogP contribution in [0.5, 0.6) is 0 Å². The zero-order valence-electron chi connectivity index (χ0n) is 12.4. The minimum atomic E-state index is -0.908. The Kier molecular flexibility index (Phi) is 3.69. The van der Waals surface area contributed by atoms with Crippen molar-refractivity contribution < 1.29 is 9.90 Å². The van der Waals surface area contributed by atoms with Crippen molar-refractivity contribution in [1.82, 2.24) is 9.55 Å². The molecule has 0 saturated carbocycles. The Labute approximate surface area is 128 Å². The highest BCUT2D eigenvalue weighted by Crippen LogP contribution is 2.40. The molecule has 112 valence electrons. The molecular weight excluding hydrogens is 284 g/mol. The SMILES string of the molecule is CCc1nc2c(C(=O)O)cccc2n1CC1(C)CCCS1. The summed E-state index contributed by atoms with van der Waals surface area (Å²) in [6, 6.07) is 5.43. The summed E-state index contributed by atoms with van der Waals surface area (Å²) >= 11 is 2.02. The van der Waals surface area contributed by atoms with Crippen LogP contribution >= 0.6 is 11.8 Å². The van der Waals surface area contributed by atoms with Crippen molar-refractivity contribution in [2.75, 3.05) is 5.75 Å². The molecule has 21 heavy (non-hydrogen) atoms. The monoisotopic (exact) mass is 304 g/mol. The molecular formula is C16H20N2O2S. The van der Waals surface area contributed by atoms with Gasteiger partial charge in [-0.15, -0.1) is 0 Å². The summed E-state index contributed by atoms with van der Waals surface area (Å²) in [6.07, 6.45) is 3.28. The molecule has 1 atom stereocenters. The zero-order chi connectivity index (χ0) is 15.0. The van der Waals surface area contributed by atoms with Gasteiger partial charge in [0.05, 0.1) is 11.1 Å². The molecule has 5 heteroatoms. The number of aromatic carboxylic acids is 1. The lowest BCUT2D eigenvalue weighted by Crippen LogP contribution is -2.24. The van der Waals surface area contributed by atoms with Crippen molar-refractivity contribution in [3.05, 3.63) is 29.6 Å². The highest BCUT2D eigenvalue weighted by atomic mass is 32.2. The lowest BCUT2D eigenvalue weighted by Gasteiger charge is -2.24. The number of para-hydroxylation sites is 1. The molecule has 4 nitrogen and oxygen atoms in total. The minimum Gasteiger partial charge on any atom is -0.478 e. The summed E-state index contributed by atoms with van der Waals surface area (Å²) in [5.41, 5.74) is 1.86. The first kappa shape index (κ1) is 14.4. The van der Waals surface area contributed by atoms with E-state index in [2.05, 4.69) is 23.4 Å². The van der Waals surface area contributed by atoms with E-state index in [4.69, 9.17) is 0 Å². The molecule has 1 N–H and O–H groups in total. The quantitative estimate of drug-likeness (QED) is 0.938. The van der Waals surface area contributed by atoms with Crippen LogP contribution in [-0.2, 0) is 13.0 Å². The Balaban J connectivity index is 2.12. The average Bonchev–Trinajstić information content (AvgIpc) is 3.03. The second-order valence-corrected chi connectivity index (χ2v) is 7.53. The van der Waals surface area contributed by atoms with Gasteiger partial charge in [-0.25, -0.2) is 9.78 Å². The van der Waals surface area contributed by atoms with Gasteiger partial charge in [0.1, 0.15) is 11.3 Å². The van der Waals surface area contributed by atoms with Crippen LogP contribution in [0.25, 0.3) is 11.0 Å². The lowest BCUT2D eigenvalue weighted by atomic mass is 10.1. The third-order valence-corrected chi connectivity index (χ3v) is 5.72. The van der Waals surface area contributed by atoms with Crippen LogP contribution in [0.1, 0.15) is 42.9 Å². The first-order valence-corrected chi connectivity index (χ1v) is 8.38. The van der Waals surface area contributed by atoms with E-state index in [1.54, 1.807) is 6.07 Å². The van der Waals surface area contributed by atoms with Crippen molar-refractivity contribution >= 4 is 28.8 Å². The highest BCUT2D eigenvalue weighted by molar-refractivity contribution is 8.00. The van der Waals surface area contributed by atoms with Crippen molar-refractivity contribution in [3.8, 4) is 0 Å². The maximum Gasteiger partial charge on any atom is 0.337 e. The molecule has 0 bridgehead atoms. The van der Waals surface area contributed by atoms with Crippen LogP contribution in [0.2, 0.25) is 0 Å². The summed E-state index contributed by atoms with van der Waals surface area (Å²) in [5.74, 6) is 1.28. The topological polar surface area (TPSA) is 55.1 Å². The molecule has 0 amide bonds. The molecule has 1 saturated heterocycles. The number of benzene rings is 1. The fourth-order valence-electron chi connectivity index (χ4n) is 3.11. The second-order valence-electron chi connectivity index (χ2n) is 5.85. The Morgan fingerprint density at radius 2 is 2.33 bits per heavy atom. The number of nitrogens with zero attached hydrogens (tertiary/aromatic N) is 2. The summed E-state index contributed by atoms with van der Waals surface area (Å²) < 4.78 is 2.46. The fourth-order valence-corrected chi connectivity index (χ4v) is 4.40. The van der Waals surface area contributed by atoms with Gasteiger partial charge < -0.3 is 9.67 Å². The maximum absolute atomic E-state index is 11.4. The van der Waals surface area contributed by atoms with Crippen molar-refractivity contribution in [2.24, 2.45) is 0 Å². The first-order valence-electron chi connectivity index (χ1n) is 7.39. The number of hydrogen-bond donors (Lipinski definition) is 1. The maximum atomic E-state index is 11.4. The normalized spacial score (nSPS) is 22.0. The van der Waals surface area contributed by atoms with E-state index in [0.29, 0.717) is 11.1 Å². The molecule has 1 aliphatic rings. The van der Waals surface area contributed by atoms with E-state index >= 15 is 0 Å². The van der Waals surface area contributed by atoms with Crippen molar-refractivity contribution in [3.63, 3.8) is 0 Å². The number of thioether (sulfide) groups is 1. The van der Waals surface area contributed by atoms with Gasteiger partial charge in [-0.05, 0) is 37.7 Å². The van der Waals surface area contributed by atoms with Crippen LogP contribution in [0, 0.1) is 0 Å². The van der Waals surface area contributed by atoms with Crippen LogP contribution in [0.15, 0.2) is 18.2 Å². The minimum absolute atomic E-state index is 0.233. The van der Waals surface area contributed by atoms with E-state index in [1.807, 2.05) is 23.9 Å². The van der Waals surface area contributed by atoms with Gasteiger partial charge in [0.15, 0.2) is 0 Å². The van der Waals surface area contributed by atoms with Crippen LogP contribution in [0.3, 0.4) is 0 Å². The van der Waals surface area contributed by atoms with E-state index in [1.165, 1.54) is 18.6 Å². The Bertz CT molecular complexity index is 687. The van der Waals surface area contributed by atoms with Gasteiger partial charge in [0.2, 0.25) is 0 Å². The highest BCUT2D eigenvalue weighted by Gasteiger charge is 2.31. The fraction of sp³-hybridized carbons (Fsp3) is 0.500. The van der Waals surface area contributed by atoms with Crippen molar-refractivity contribution in [1.29, 1.82) is 0 Å². The summed E-state index contributed by atoms with van der Waals surface area (Å²) in [6.45, 7) is 5.28. The number of imidazole rings is 1. The molecule has 1 unspecified atom stereocenters. The van der Waals surface area contributed by atoms with Crippen LogP contribution < -0.4 is 0 Å². The molecule has 3 rings (SSSR count). The lowest BCUT2D eigenvalue weighted by molar-refractivity contribution is 0.0699. The number of carboxylic acid groups (broad SMARTS) is 1. The molecule has 1 aliphatic heterocycles. The van der Waals surface area contributed by atoms with Gasteiger partial charge in [-0.2, -0.15) is 11.8 Å². The van der Waals surface area contributed by atoms with Gasteiger partial charge in [-0.1, -0.05) is 13.0 Å². The van der Waals surface area contributed by atoms with E-state index in [-0.39, 0.29) is 4.75 Å². The van der Waals surface area contributed by atoms with E-state index < -0.39 is 5.97 Å². The van der Waals surface area contributed by atoms with Gasteiger partial charge in [-0.3, -0.25) is 0 Å². The summed E-state index contributed by atoms with van der Waals surface area (Å²) in [7, 11) is 0. The molecule has 0 radical (unpaired) electrons. The molecule has 1 aromatic carbocycles. The molecule has 2 heterocycles. The molecule has 2 aromatic rings. The van der Waals surface area contributed by atoms with Gasteiger partial charge in [0.25, 0.3) is 0 Å². The summed E-state index contributed by atoms with van der Waals surface area (Å²) in [5, 5.41) is 9.34. The van der Waals surface area contributed by atoms with E-state index in [0.717, 1.165) is 24.3 Å². The smallest absolute Gasteiger partial charge is 0.337 e. The number of carboxylic acids is 1. The number of aromatic nitrogens is 2. The Morgan fingerprint density at radius 3 is 2.95 bits per heavy atom. The number of hydrogen-bond acceptors (Lipinski definition) is 3. The largest absolute Gasteiger partial charge is 0.478 e. The molecule has 1 aromatic heterocycles. The standard InChI is InChI=1S/C16H20N2O2S/c1-3-13-17-14-11(15(19)20)6-4-7-12(14)18(13)10-16(2)8-5-9-21-16/h4,6-7H,3,5,8-10H2,1-2H3,(H,19,20). The van der Waals surface area contributed by atoms with Gasteiger partial charge in [0, 0.05) is 17.7 Å². The predicted molar refractivity (Wildman–Crippen MR) is 86.2 cm³/mol. The zero-order valence-corrected chi connectivity index (χ0v) is 13.2. The van der Waals surface area contributed by atoms with Crippen LogP contribution in [0.4, 0.5) is 0 Å². The molecule has 1 fully saturated rings. The molecule has 0 aliphatic carbocycles. The number of aryl methyl sites for hydroxylation is 1. The second kappa shape index (κ2) is 5.37. The average molecular weight is 304 g/mol. The first-order chi connectivity index (χ1) is 10.0.